The molecular formula is C14H14O2S. The molecule has 3 heteroatoms. The van der Waals surface area contributed by atoms with Crippen LogP contribution in [0.3, 0.4) is 0 Å². The number of hydrogen-bond donors (Lipinski definition) is 0. The zero-order valence-corrected chi connectivity index (χ0v) is 10.7. The number of rotatable bonds is 4. The number of benzene rings is 1. The molecule has 0 saturated carbocycles. The third kappa shape index (κ3) is 2.74. The molecule has 0 fully saturated rings. The molecule has 0 bridgehead atoms. The Labute approximate surface area is 105 Å². The summed E-state index contributed by atoms with van der Waals surface area (Å²) in [6, 6.07) is 11.1. The van der Waals surface area contributed by atoms with Crippen LogP contribution in [0.1, 0.15) is 29.1 Å². The van der Waals surface area contributed by atoms with Crippen LogP contribution in [0.2, 0.25) is 0 Å². The summed E-state index contributed by atoms with van der Waals surface area (Å²) in [5.41, 5.74) is 0.628. The predicted octanol–water partition coefficient (Wildman–Crippen LogP) is 3.77. The highest BCUT2D eigenvalue weighted by molar-refractivity contribution is 7.12. The lowest BCUT2D eigenvalue weighted by molar-refractivity contribution is 0.103. The second-order valence-electron chi connectivity index (χ2n) is 3.97. The number of ether oxygens (including phenoxy) is 1. The van der Waals surface area contributed by atoms with Crippen molar-refractivity contribution in [2.24, 2.45) is 0 Å². The Morgan fingerprint density at radius 2 is 1.94 bits per heavy atom. The van der Waals surface area contributed by atoms with Crippen LogP contribution in [-0.4, -0.2) is 11.9 Å². The summed E-state index contributed by atoms with van der Waals surface area (Å²) in [7, 11) is 0. The van der Waals surface area contributed by atoms with Gasteiger partial charge in [-0.25, -0.2) is 0 Å². The van der Waals surface area contributed by atoms with Crippen molar-refractivity contribution in [1.82, 2.24) is 0 Å². The van der Waals surface area contributed by atoms with Crippen molar-refractivity contribution >= 4 is 17.1 Å². The monoisotopic (exact) mass is 246 g/mol. The molecule has 0 N–H and O–H groups in total. The van der Waals surface area contributed by atoms with Gasteiger partial charge >= 0.3 is 0 Å². The van der Waals surface area contributed by atoms with Crippen LogP contribution in [0, 0.1) is 0 Å². The quantitative estimate of drug-likeness (QED) is 0.768. The fourth-order valence-electron chi connectivity index (χ4n) is 1.55. The molecule has 17 heavy (non-hydrogen) atoms. The Morgan fingerprint density at radius 3 is 2.59 bits per heavy atom. The molecule has 0 aliphatic carbocycles. The van der Waals surface area contributed by atoms with E-state index >= 15 is 0 Å². The molecule has 1 aromatic heterocycles. The Kier molecular flexibility index (Phi) is 3.59. The molecule has 0 saturated heterocycles. The van der Waals surface area contributed by atoms with Crippen LogP contribution in [0.5, 0.6) is 5.75 Å². The van der Waals surface area contributed by atoms with E-state index in [-0.39, 0.29) is 11.9 Å². The first-order valence-corrected chi connectivity index (χ1v) is 6.40. The van der Waals surface area contributed by atoms with Gasteiger partial charge in [0.05, 0.1) is 16.5 Å². The van der Waals surface area contributed by atoms with Crippen molar-refractivity contribution in [3.63, 3.8) is 0 Å². The first-order chi connectivity index (χ1) is 8.18. The highest BCUT2D eigenvalue weighted by atomic mass is 32.1. The molecule has 2 aromatic rings. The van der Waals surface area contributed by atoms with Crippen LogP contribution >= 0.6 is 11.3 Å². The molecule has 2 nitrogen and oxygen atoms in total. The molecule has 0 amide bonds. The van der Waals surface area contributed by atoms with E-state index in [1.165, 1.54) is 11.3 Å². The van der Waals surface area contributed by atoms with Crippen LogP contribution in [-0.2, 0) is 0 Å². The lowest BCUT2D eigenvalue weighted by Crippen LogP contribution is -2.10. The van der Waals surface area contributed by atoms with E-state index < -0.39 is 0 Å². The first kappa shape index (κ1) is 11.9. The number of thiophene rings is 1. The highest BCUT2D eigenvalue weighted by Crippen LogP contribution is 2.24. The Bertz CT molecular complexity index is 501. The van der Waals surface area contributed by atoms with Gasteiger partial charge in [-0.1, -0.05) is 18.2 Å². The maximum absolute atomic E-state index is 12.2. The first-order valence-electron chi connectivity index (χ1n) is 5.52. The highest BCUT2D eigenvalue weighted by Gasteiger charge is 2.15. The maximum atomic E-state index is 12.2. The number of para-hydroxylation sites is 1. The lowest BCUT2D eigenvalue weighted by Gasteiger charge is -2.12. The van der Waals surface area contributed by atoms with Gasteiger partial charge in [-0.15, -0.1) is 11.3 Å². The van der Waals surface area contributed by atoms with Gasteiger partial charge in [0.25, 0.3) is 0 Å². The molecule has 88 valence electrons. The van der Waals surface area contributed by atoms with E-state index in [0.717, 1.165) is 4.88 Å². The Hall–Kier alpha value is -1.61. The third-order valence-corrected chi connectivity index (χ3v) is 3.11. The van der Waals surface area contributed by atoms with Crippen LogP contribution in [0.4, 0.5) is 0 Å². The summed E-state index contributed by atoms with van der Waals surface area (Å²) in [6.07, 6.45) is 0.0623. The van der Waals surface area contributed by atoms with Crippen LogP contribution in [0.15, 0.2) is 41.8 Å². The van der Waals surface area contributed by atoms with E-state index in [0.29, 0.717) is 11.3 Å². The summed E-state index contributed by atoms with van der Waals surface area (Å²) in [5.74, 6) is 0.678. The predicted molar refractivity (Wildman–Crippen MR) is 70.0 cm³/mol. The van der Waals surface area contributed by atoms with Crippen LogP contribution < -0.4 is 4.74 Å². The number of carbonyl (C=O) groups excluding carboxylic acids is 1. The van der Waals surface area contributed by atoms with E-state index in [1.807, 2.05) is 49.6 Å². The van der Waals surface area contributed by atoms with Gasteiger partial charge in [-0.3, -0.25) is 4.79 Å². The van der Waals surface area contributed by atoms with Crippen molar-refractivity contribution in [2.75, 3.05) is 0 Å². The second kappa shape index (κ2) is 5.15. The summed E-state index contributed by atoms with van der Waals surface area (Å²) < 4.78 is 5.65. The number of ketones is 1. The SMILES string of the molecule is CC(C)Oc1ccccc1C(=O)c1cccs1. The van der Waals surface area contributed by atoms with Crippen molar-refractivity contribution in [3.8, 4) is 5.75 Å². The smallest absolute Gasteiger partial charge is 0.206 e. The van der Waals surface area contributed by atoms with E-state index in [2.05, 4.69) is 0 Å². The minimum Gasteiger partial charge on any atom is -0.490 e. The minimum absolute atomic E-state index is 0.0243. The molecule has 0 aliphatic heterocycles. The van der Waals surface area contributed by atoms with Gasteiger partial charge in [-0.05, 0) is 37.4 Å². The van der Waals surface area contributed by atoms with E-state index in [9.17, 15) is 4.79 Å². The standard InChI is InChI=1S/C14H14O2S/c1-10(2)16-12-7-4-3-6-11(12)14(15)13-8-5-9-17-13/h3-10H,1-2H3. The van der Waals surface area contributed by atoms with Crippen molar-refractivity contribution < 1.29 is 9.53 Å². The van der Waals surface area contributed by atoms with Gasteiger partial charge in [0.15, 0.2) is 0 Å². The molecule has 1 heterocycles. The lowest BCUT2D eigenvalue weighted by atomic mass is 10.1. The average molecular weight is 246 g/mol. The summed E-state index contributed by atoms with van der Waals surface area (Å²) >= 11 is 1.45. The number of hydrogen-bond acceptors (Lipinski definition) is 3. The van der Waals surface area contributed by atoms with Gasteiger partial charge in [0.1, 0.15) is 5.75 Å². The molecule has 0 unspecified atom stereocenters. The zero-order valence-electron chi connectivity index (χ0n) is 9.84. The van der Waals surface area contributed by atoms with Crippen molar-refractivity contribution in [1.29, 1.82) is 0 Å². The summed E-state index contributed by atoms with van der Waals surface area (Å²) in [5, 5.41) is 1.90. The Morgan fingerprint density at radius 1 is 1.18 bits per heavy atom. The van der Waals surface area contributed by atoms with Gasteiger partial charge in [-0.2, -0.15) is 0 Å². The largest absolute Gasteiger partial charge is 0.490 e. The molecule has 0 radical (unpaired) electrons. The van der Waals surface area contributed by atoms with Crippen LogP contribution in [0.25, 0.3) is 0 Å². The summed E-state index contributed by atoms with van der Waals surface area (Å²) in [4.78, 5) is 13.0. The second-order valence-corrected chi connectivity index (χ2v) is 4.92. The third-order valence-electron chi connectivity index (χ3n) is 2.24. The van der Waals surface area contributed by atoms with Gasteiger partial charge in [0, 0.05) is 0 Å². The summed E-state index contributed by atoms with van der Waals surface area (Å²) in [6.45, 7) is 3.90. The molecule has 2 rings (SSSR count). The van der Waals surface area contributed by atoms with Gasteiger partial charge in [0.2, 0.25) is 5.78 Å². The normalized spacial score (nSPS) is 10.5. The van der Waals surface area contributed by atoms with E-state index in [4.69, 9.17) is 4.74 Å². The maximum Gasteiger partial charge on any atom is 0.206 e. The fraction of sp³-hybridized carbons (Fsp3) is 0.214. The average Bonchev–Trinajstić information content (AvgIpc) is 2.81. The minimum atomic E-state index is 0.0243. The molecule has 0 atom stereocenters. The molecular weight excluding hydrogens is 232 g/mol. The Balaban J connectivity index is 2.35. The van der Waals surface area contributed by atoms with Gasteiger partial charge < -0.3 is 4.74 Å². The number of carbonyl (C=O) groups is 1. The van der Waals surface area contributed by atoms with E-state index in [1.54, 1.807) is 6.07 Å². The molecule has 0 spiro atoms. The molecule has 1 aromatic carbocycles. The molecule has 0 aliphatic rings. The topological polar surface area (TPSA) is 26.3 Å². The fourth-order valence-corrected chi connectivity index (χ4v) is 2.23. The van der Waals surface area contributed by atoms with Crippen molar-refractivity contribution in [3.05, 3.63) is 52.2 Å². The van der Waals surface area contributed by atoms with Crippen molar-refractivity contribution in [2.45, 2.75) is 20.0 Å². The zero-order chi connectivity index (χ0) is 12.3.